The molecule has 1 aliphatic heterocycles. The number of ether oxygens (including phenoxy) is 2. The van der Waals surface area contributed by atoms with Gasteiger partial charge < -0.3 is 24.6 Å². The van der Waals surface area contributed by atoms with Crippen molar-refractivity contribution < 1.29 is 29.3 Å². The molecule has 0 saturated carbocycles. The summed E-state index contributed by atoms with van der Waals surface area (Å²) in [7, 11) is 0. The maximum atomic E-state index is 12.6. The number of benzene rings is 1. The van der Waals surface area contributed by atoms with Crippen molar-refractivity contribution >= 4 is 12.2 Å². The average molecular weight is 394 g/mol. The third-order valence-electron chi connectivity index (χ3n) is 4.52. The Hall–Kier alpha value is -2.32. The van der Waals surface area contributed by atoms with Crippen molar-refractivity contribution in [1.82, 2.24) is 9.80 Å². The van der Waals surface area contributed by atoms with Gasteiger partial charge in [-0.2, -0.15) is 0 Å². The van der Waals surface area contributed by atoms with E-state index in [9.17, 15) is 19.8 Å². The van der Waals surface area contributed by atoms with Crippen molar-refractivity contribution in [3.63, 3.8) is 0 Å². The van der Waals surface area contributed by atoms with Crippen LogP contribution in [0.1, 0.15) is 32.8 Å². The third-order valence-corrected chi connectivity index (χ3v) is 4.52. The van der Waals surface area contributed by atoms with Crippen molar-refractivity contribution in [1.29, 1.82) is 0 Å². The summed E-state index contributed by atoms with van der Waals surface area (Å²) < 4.78 is 10.8. The van der Waals surface area contributed by atoms with E-state index in [0.717, 1.165) is 5.56 Å². The Balaban J connectivity index is 2.01. The Morgan fingerprint density at radius 2 is 1.79 bits per heavy atom. The molecule has 2 amide bonds. The van der Waals surface area contributed by atoms with Gasteiger partial charge in [-0.3, -0.25) is 4.90 Å². The smallest absolute Gasteiger partial charge is 0.410 e. The van der Waals surface area contributed by atoms with Crippen molar-refractivity contribution in [2.24, 2.45) is 0 Å². The molecule has 2 rings (SSSR count). The molecular weight excluding hydrogens is 364 g/mol. The van der Waals surface area contributed by atoms with Gasteiger partial charge in [0.2, 0.25) is 0 Å². The molecule has 1 aliphatic rings. The quantitative estimate of drug-likeness (QED) is 0.734. The molecule has 2 N–H and O–H groups in total. The largest absolute Gasteiger partial charge is 0.445 e. The number of carbonyl (C=O) groups excluding carboxylic acids is 2. The first-order valence-electron chi connectivity index (χ1n) is 9.39. The molecule has 0 atom stereocenters. The Morgan fingerprint density at radius 1 is 1.14 bits per heavy atom. The number of nitrogens with zero attached hydrogens (tertiary/aromatic N) is 2. The Labute approximate surface area is 165 Å². The monoisotopic (exact) mass is 394 g/mol. The molecule has 1 heterocycles. The van der Waals surface area contributed by atoms with Crippen molar-refractivity contribution in [3.8, 4) is 0 Å². The second-order valence-electron chi connectivity index (χ2n) is 7.95. The summed E-state index contributed by atoms with van der Waals surface area (Å²) in [6.45, 7) is 5.51. The highest BCUT2D eigenvalue weighted by molar-refractivity contribution is 5.73. The van der Waals surface area contributed by atoms with E-state index in [1.54, 1.807) is 20.8 Å². The highest BCUT2D eigenvalue weighted by atomic mass is 16.6. The molecule has 156 valence electrons. The van der Waals surface area contributed by atoms with Crippen LogP contribution < -0.4 is 0 Å². The standard InChI is InChI=1S/C20H30N2O6/c1-19(2,3)28-18(26)22(10-12-24)20(9-11-23)14-21(15-20)17(25)27-13-16-7-5-4-6-8-16/h4-8,23-24H,9-15H2,1-3H3. The number of aliphatic hydroxyl groups is 2. The van der Waals surface area contributed by atoms with Gasteiger partial charge in [0.15, 0.2) is 0 Å². The van der Waals surface area contributed by atoms with E-state index in [1.165, 1.54) is 9.80 Å². The summed E-state index contributed by atoms with van der Waals surface area (Å²) in [4.78, 5) is 27.8. The minimum Gasteiger partial charge on any atom is -0.445 e. The van der Waals surface area contributed by atoms with Gasteiger partial charge in [-0.15, -0.1) is 0 Å². The van der Waals surface area contributed by atoms with Crippen molar-refractivity contribution in [3.05, 3.63) is 35.9 Å². The molecule has 0 aliphatic carbocycles. The molecule has 28 heavy (non-hydrogen) atoms. The lowest BCUT2D eigenvalue weighted by molar-refractivity contribution is -0.0734. The molecule has 8 heteroatoms. The summed E-state index contributed by atoms with van der Waals surface area (Å²) in [5.41, 5.74) is -0.594. The van der Waals surface area contributed by atoms with Gasteiger partial charge in [0.25, 0.3) is 0 Å². The molecule has 1 saturated heterocycles. The van der Waals surface area contributed by atoms with Crippen molar-refractivity contribution in [2.75, 3.05) is 32.8 Å². The first kappa shape index (κ1) is 22.0. The van der Waals surface area contributed by atoms with Crippen LogP contribution in [0.4, 0.5) is 9.59 Å². The van der Waals surface area contributed by atoms with Crippen molar-refractivity contribution in [2.45, 2.75) is 44.9 Å². The van der Waals surface area contributed by atoms with Gasteiger partial charge in [-0.25, -0.2) is 9.59 Å². The van der Waals surface area contributed by atoms with Crippen LogP contribution in [0, 0.1) is 0 Å². The maximum Gasteiger partial charge on any atom is 0.410 e. The molecule has 8 nitrogen and oxygen atoms in total. The summed E-state index contributed by atoms with van der Waals surface area (Å²) in [5, 5.41) is 18.9. The predicted octanol–water partition coefficient (Wildman–Crippen LogP) is 1.99. The summed E-state index contributed by atoms with van der Waals surface area (Å²) >= 11 is 0. The normalized spacial score (nSPS) is 15.5. The van der Waals surface area contributed by atoms with E-state index in [0.29, 0.717) is 0 Å². The SMILES string of the molecule is CC(C)(C)OC(=O)N(CCO)C1(CCO)CN(C(=O)OCc2ccccc2)C1. The molecule has 0 aromatic heterocycles. The molecular formula is C20H30N2O6. The summed E-state index contributed by atoms with van der Waals surface area (Å²) in [6, 6.07) is 9.35. The van der Waals surface area contributed by atoms with Crippen LogP contribution in [-0.2, 0) is 16.1 Å². The fourth-order valence-electron chi connectivity index (χ4n) is 3.21. The number of carbonyl (C=O) groups is 2. The zero-order chi connectivity index (χ0) is 20.8. The number of hydrogen-bond donors (Lipinski definition) is 2. The van der Waals surface area contributed by atoms with Gasteiger partial charge in [0, 0.05) is 26.2 Å². The summed E-state index contributed by atoms with van der Waals surface area (Å²) in [6.07, 6.45) is -0.785. The van der Waals surface area contributed by atoms with E-state index in [1.807, 2.05) is 30.3 Å². The van der Waals surface area contributed by atoms with Gasteiger partial charge in [0.1, 0.15) is 12.2 Å². The van der Waals surface area contributed by atoms with E-state index in [2.05, 4.69) is 0 Å². The van der Waals surface area contributed by atoms with E-state index in [-0.39, 0.29) is 45.9 Å². The molecule has 1 aromatic carbocycles. The number of hydrogen-bond acceptors (Lipinski definition) is 6. The van der Waals surface area contributed by atoms with Crippen LogP contribution in [0.2, 0.25) is 0 Å². The molecule has 0 radical (unpaired) electrons. The lowest BCUT2D eigenvalue weighted by atomic mass is 9.85. The Morgan fingerprint density at radius 3 is 2.32 bits per heavy atom. The Kier molecular flexibility index (Phi) is 7.26. The summed E-state index contributed by atoms with van der Waals surface area (Å²) in [5.74, 6) is 0. The van der Waals surface area contributed by atoms with E-state index >= 15 is 0 Å². The molecule has 0 spiro atoms. The molecule has 0 bridgehead atoms. The molecule has 1 fully saturated rings. The third kappa shape index (κ3) is 5.59. The van der Waals surface area contributed by atoms with Crippen LogP contribution in [0.15, 0.2) is 30.3 Å². The second-order valence-corrected chi connectivity index (χ2v) is 7.95. The van der Waals surface area contributed by atoms with Gasteiger partial charge >= 0.3 is 12.2 Å². The number of β-amino-alcohol motifs (C(OH)–C–C–N with tert-alkyl or cyclic N) is 1. The average Bonchev–Trinajstić information content (AvgIpc) is 2.60. The van der Waals surface area contributed by atoms with Gasteiger partial charge in [-0.05, 0) is 32.8 Å². The minimum atomic E-state index is -0.786. The number of rotatable bonds is 7. The maximum absolute atomic E-state index is 12.6. The van der Waals surface area contributed by atoms with Crippen LogP contribution in [0.25, 0.3) is 0 Å². The zero-order valence-electron chi connectivity index (χ0n) is 16.8. The number of amides is 2. The first-order chi connectivity index (χ1) is 13.2. The van der Waals surface area contributed by atoms with Gasteiger partial charge in [-0.1, -0.05) is 30.3 Å². The topological polar surface area (TPSA) is 99.5 Å². The zero-order valence-corrected chi connectivity index (χ0v) is 16.8. The minimum absolute atomic E-state index is 0.0574. The predicted molar refractivity (Wildman–Crippen MR) is 103 cm³/mol. The highest BCUT2D eigenvalue weighted by Crippen LogP contribution is 2.33. The number of aliphatic hydroxyl groups excluding tert-OH is 2. The van der Waals surface area contributed by atoms with Gasteiger partial charge in [0.05, 0.1) is 12.1 Å². The Bertz CT molecular complexity index is 652. The fraction of sp³-hybridized carbons (Fsp3) is 0.600. The fourth-order valence-corrected chi connectivity index (χ4v) is 3.21. The molecule has 0 unspecified atom stereocenters. The lowest BCUT2D eigenvalue weighted by Gasteiger charge is -2.54. The van der Waals surface area contributed by atoms with E-state index in [4.69, 9.17) is 9.47 Å². The molecule has 1 aromatic rings. The highest BCUT2D eigenvalue weighted by Gasteiger charge is 2.52. The second kappa shape index (κ2) is 9.25. The number of likely N-dealkylation sites (tertiary alicyclic amines) is 1. The lowest BCUT2D eigenvalue weighted by Crippen LogP contribution is -2.73. The van der Waals surface area contributed by atoms with Crippen LogP contribution >= 0.6 is 0 Å². The van der Waals surface area contributed by atoms with Crippen LogP contribution in [0.5, 0.6) is 0 Å². The van der Waals surface area contributed by atoms with E-state index < -0.39 is 23.3 Å². The van der Waals surface area contributed by atoms with Crippen LogP contribution in [0.3, 0.4) is 0 Å². The van der Waals surface area contributed by atoms with Crippen LogP contribution in [-0.4, -0.2) is 76.2 Å². The first-order valence-corrected chi connectivity index (χ1v) is 9.39.